The molecule has 0 saturated carbocycles. The summed E-state index contributed by atoms with van der Waals surface area (Å²) in [5.41, 5.74) is 4.80. The van der Waals surface area contributed by atoms with Crippen molar-refractivity contribution < 1.29 is 4.79 Å². The van der Waals surface area contributed by atoms with Crippen LogP contribution < -0.4 is 10.6 Å². The van der Waals surface area contributed by atoms with Crippen molar-refractivity contribution in [2.75, 3.05) is 11.9 Å². The van der Waals surface area contributed by atoms with Gasteiger partial charge in [0.25, 0.3) is 0 Å². The van der Waals surface area contributed by atoms with Gasteiger partial charge in [0.05, 0.1) is 17.8 Å². The van der Waals surface area contributed by atoms with Gasteiger partial charge in [-0.2, -0.15) is 0 Å². The Morgan fingerprint density at radius 3 is 2.67 bits per heavy atom. The van der Waals surface area contributed by atoms with Crippen LogP contribution in [0.2, 0.25) is 5.02 Å². The van der Waals surface area contributed by atoms with Crippen LogP contribution in [0.3, 0.4) is 0 Å². The Labute approximate surface area is 220 Å². The molecule has 0 aliphatic carbocycles. The number of nitrogens with one attached hydrogen (secondary N) is 2. The Morgan fingerprint density at radius 1 is 1.08 bits per heavy atom. The molecule has 1 amide bonds. The quantitative estimate of drug-likeness (QED) is 0.303. The van der Waals surface area contributed by atoms with Crippen LogP contribution in [0, 0.1) is 6.92 Å². The molecule has 1 aliphatic rings. The Bertz CT molecular complexity index is 1370. The molecule has 0 radical (unpaired) electrons. The first-order valence-electron chi connectivity index (χ1n) is 11.8. The third kappa shape index (κ3) is 5.12. The molecule has 1 saturated heterocycles. The average Bonchev–Trinajstić information content (AvgIpc) is 3.49. The van der Waals surface area contributed by atoms with Gasteiger partial charge in [0.15, 0.2) is 5.11 Å². The summed E-state index contributed by atoms with van der Waals surface area (Å²) in [4.78, 5) is 19.5. The minimum Gasteiger partial charge on any atom is -0.352 e. The van der Waals surface area contributed by atoms with E-state index >= 15 is 0 Å². The highest BCUT2D eigenvalue weighted by Gasteiger charge is 2.41. The molecule has 1 fully saturated rings. The van der Waals surface area contributed by atoms with Crippen LogP contribution in [0.15, 0.2) is 91.3 Å². The minimum atomic E-state index is -0.174. The molecule has 1 aliphatic heterocycles. The van der Waals surface area contributed by atoms with E-state index in [-0.39, 0.29) is 18.0 Å². The van der Waals surface area contributed by atoms with Gasteiger partial charge >= 0.3 is 0 Å². The molecule has 0 bridgehead atoms. The topological polar surface area (TPSA) is 62.2 Å². The predicted molar refractivity (Wildman–Crippen MR) is 147 cm³/mol. The van der Waals surface area contributed by atoms with Crippen molar-refractivity contribution in [3.8, 4) is 5.69 Å². The summed E-state index contributed by atoms with van der Waals surface area (Å²) < 4.78 is 2.11. The maximum Gasteiger partial charge on any atom is 0.226 e. The summed E-state index contributed by atoms with van der Waals surface area (Å²) in [6, 6.07) is 25.1. The Kier molecular flexibility index (Phi) is 7.02. The average molecular weight is 516 g/mol. The van der Waals surface area contributed by atoms with Crippen LogP contribution in [-0.2, 0) is 4.79 Å². The van der Waals surface area contributed by atoms with Crippen molar-refractivity contribution in [2.45, 2.75) is 25.4 Å². The summed E-state index contributed by atoms with van der Waals surface area (Å²) in [7, 11) is 0. The van der Waals surface area contributed by atoms with E-state index in [0.717, 1.165) is 28.3 Å². The number of carbonyl (C=O) groups is 1. The van der Waals surface area contributed by atoms with E-state index in [0.29, 0.717) is 23.1 Å². The van der Waals surface area contributed by atoms with E-state index in [1.807, 2.05) is 85.9 Å². The van der Waals surface area contributed by atoms with Crippen LogP contribution in [-0.4, -0.2) is 32.0 Å². The zero-order chi connectivity index (χ0) is 25.1. The van der Waals surface area contributed by atoms with Gasteiger partial charge in [-0.3, -0.25) is 9.78 Å². The van der Waals surface area contributed by atoms with Crippen LogP contribution >= 0.6 is 23.8 Å². The predicted octanol–water partition coefficient (Wildman–Crippen LogP) is 5.84. The second-order valence-electron chi connectivity index (χ2n) is 8.77. The van der Waals surface area contributed by atoms with E-state index in [4.69, 9.17) is 23.8 Å². The molecule has 3 heterocycles. The first-order chi connectivity index (χ1) is 17.5. The van der Waals surface area contributed by atoms with E-state index in [1.54, 1.807) is 6.20 Å². The number of anilines is 1. The minimum absolute atomic E-state index is 0.0630. The number of amides is 1. The molecular weight excluding hydrogens is 490 g/mol. The maximum atomic E-state index is 12.8. The van der Waals surface area contributed by atoms with Crippen molar-refractivity contribution in [3.05, 3.63) is 113 Å². The Morgan fingerprint density at radius 2 is 1.92 bits per heavy atom. The molecule has 2 N–H and O–H groups in total. The number of halogens is 1. The van der Waals surface area contributed by atoms with Crippen molar-refractivity contribution in [1.82, 2.24) is 19.8 Å². The van der Waals surface area contributed by atoms with Crippen LogP contribution in [0.1, 0.15) is 35.5 Å². The third-order valence-electron chi connectivity index (χ3n) is 6.28. The number of thiocarbonyl (C=S) groups is 1. The summed E-state index contributed by atoms with van der Waals surface area (Å²) in [5, 5.41) is 7.69. The van der Waals surface area contributed by atoms with Crippen molar-refractivity contribution in [1.29, 1.82) is 0 Å². The molecule has 0 unspecified atom stereocenters. The standard InChI is InChI=1S/C28H26ClN5OS/c1-19-10-12-21(13-11-19)31-25(35)14-17-34-27(26(32-28(34)36)23-8-2-3-15-30-23)24-9-5-16-33(24)22-7-4-6-20(29)18-22/h2-13,15-16,18,26-27H,14,17H2,1H3,(H,31,35)(H,32,36)/t26-,27-/m1/s1. The van der Waals surface area contributed by atoms with E-state index in [1.165, 1.54) is 0 Å². The molecule has 2 atom stereocenters. The second kappa shape index (κ2) is 10.5. The van der Waals surface area contributed by atoms with Gasteiger partial charge in [-0.15, -0.1) is 0 Å². The lowest BCUT2D eigenvalue weighted by Gasteiger charge is -2.29. The van der Waals surface area contributed by atoms with Crippen LogP contribution in [0.4, 0.5) is 5.69 Å². The highest BCUT2D eigenvalue weighted by atomic mass is 35.5. The van der Waals surface area contributed by atoms with Gasteiger partial charge in [0.2, 0.25) is 5.91 Å². The fourth-order valence-corrected chi connectivity index (χ4v) is 5.06. The molecule has 182 valence electrons. The van der Waals surface area contributed by atoms with Crippen molar-refractivity contribution in [2.24, 2.45) is 0 Å². The zero-order valence-corrected chi connectivity index (χ0v) is 21.3. The first kappa shape index (κ1) is 24.0. The monoisotopic (exact) mass is 515 g/mol. The molecule has 6 nitrogen and oxygen atoms in total. The first-order valence-corrected chi connectivity index (χ1v) is 12.6. The summed E-state index contributed by atoms with van der Waals surface area (Å²) in [6.07, 6.45) is 4.09. The second-order valence-corrected chi connectivity index (χ2v) is 9.59. The number of rotatable bonds is 7. The third-order valence-corrected chi connectivity index (χ3v) is 6.87. The molecule has 0 spiro atoms. The molecule has 2 aromatic carbocycles. The lowest BCUT2D eigenvalue weighted by molar-refractivity contribution is -0.116. The maximum absolute atomic E-state index is 12.8. The summed E-state index contributed by atoms with van der Waals surface area (Å²) in [5.74, 6) is -0.0630. The highest BCUT2D eigenvalue weighted by Crippen LogP contribution is 2.39. The smallest absolute Gasteiger partial charge is 0.226 e. The number of aryl methyl sites for hydroxylation is 1. The lowest BCUT2D eigenvalue weighted by atomic mass is 10.0. The number of benzene rings is 2. The normalized spacial score (nSPS) is 17.2. The summed E-state index contributed by atoms with van der Waals surface area (Å²) >= 11 is 12.1. The van der Waals surface area contributed by atoms with Gasteiger partial charge in [-0.25, -0.2) is 0 Å². The number of nitrogens with zero attached hydrogens (tertiary/aromatic N) is 3. The SMILES string of the molecule is Cc1ccc(NC(=O)CCN2C(=S)N[C@H](c3ccccn3)[C@H]2c2cccn2-c2cccc(Cl)c2)cc1. The number of aromatic nitrogens is 2. The number of hydrogen-bond donors (Lipinski definition) is 2. The van der Waals surface area contributed by atoms with E-state index in [9.17, 15) is 4.79 Å². The lowest BCUT2D eigenvalue weighted by Crippen LogP contribution is -2.33. The highest BCUT2D eigenvalue weighted by molar-refractivity contribution is 7.80. The van der Waals surface area contributed by atoms with Crippen molar-refractivity contribution in [3.63, 3.8) is 0 Å². The Balaban J connectivity index is 1.44. The van der Waals surface area contributed by atoms with Gasteiger partial charge in [-0.1, -0.05) is 41.4 Å². The van der Waals surface area contributed by atoms with Crippen LogP contribution in [0.25, 0.3) is 5.69 Å². The molecule has 8 heteroatoms. The zero-order valence-electron chi connectivity index (χ0n) is 19.8. The van der Waals surface area contributed by atoms with Crippen molar-refractivity contribution >= 4 is 40.5 Å². The Hall–Kier alpha value is -3.68. The molecular formula is C28H26ClN5OS. The van der Waals surface area contributed by atoms with Gasteiger partial charge in [-0.05, 0) is 73.7 Å². The van der Waals surface area contributed by atoms with Crippen LogP contribution in [0.5, 0.6) is 0 Å². The molecule has 2 aromatic heterocycles. The molecule has 4 aromatic rings. The van der Waals surface area contributed by atoms with Gasteiger partial charge in [0, 0.05) is 47.5 Å². The fourth-order valence-electron chi connectivity index (χ4n) is 4.55. The van der Waals surface area contributed by atoms with Gasteiger partial charge < -0.3 is 20.1 Å². The molecule has 36 heavy (non-hydrogen) atoms. The number of hydrogen-bond acceptors (Lipinski definition) is 3. The summed E-state index contributed by atoms with van der Waals surface area (Å²) in [6.45, 7) is 2.47. The van der Waals surface area contributed by atoms with E-state index in [2.05, 4.69) is 31.2 Å². The largest absolute Gasteiger partial charge is 0.352 e. The fraction of sp³-hybridized carbons (Fsp3) is 0.179. The van der Waals surface area contributed by atoms with Gasteiger partial charge in [0.1, 0.15) is 0 Å². The molecule has 5 rings (SSSR count). The van der Waals surface area contributed by atoms with E-state index < -0.39 is 0 Å². The number of pyridine rings is 1. The number of carbonyl (C=O) groups excluding carboxylic acids is 1.